The van der Waals surface area contributed by atoms with Gasteiger partial charge in [0.15, 0.2) is 0 Å². The van der Waals surface area contributed by atoms with Crippen LogP contribution in [0, 0.1) is 0 Å². The molecule has 3 atom stereocenters. The number of benzene rings is 1. The van der Waals surface area contributed by atoms with Crippen LogP contribution in [0.1, 0.15) is 17.5 Å². The Hall–Kier alpha value is -2.49. The largest absolute Gasteiger partial charge is 0.497 e. The summed E-state index contributed by atoms with van der Waals surface area (Å²) < 4.78 is 39.5. The summed E-state index contributed by atoms with van der Waals surface area (Å²) in [5, 5.41) is -0.610. The van der Waals surface area contributed by atoms with Gasteiger partial charge in [0, 0.05) is 32.0 Å². The standard InChI is InChI=1S/C22H25N3O5S/c1-29-18-4-2-3-17(9-18)10-21(26)24-13-19-11-20-22(14-24,30-19)15-25(31(20,27)28)12-16-5-7-23-8-6-16/h2-9,19-20H,10-15H2,1H3/t19-,20+,22+/m1/s1. The minimum absolute atomic E-state index is 0.0217. The lowest BCUT2D eigenvalue weighted by atomic mass is 9.99. The lowest BCUT2D eigenvalue weighted by molar-refractivity contribution is -0.150. The van der Waals surface area contributed by atoms with E-state index in [0.717, 1.165) is 11.1 Å². The first-order valence-corrected chi connectivity index (χ1v) is 11.9. The number of sulfonamides is 1. The van der Waals surface area contributed by atoms with Gasteiger partial charge in [-0.05, 0) is 41.8 Å². The van der Waals surface area contributed by atoms with Gasteiger partial charge in [-0.1, -0.05) is 12.1 Å². The quantitative estimate of drug-likeness (QED) is 0.690. The Morgan fingerprint density at radius 2 is 2.03 bits per heavy atom. The van der Waals surface area contributed by atoms with E-state index in [1.165, 1.54) is 4.31 Å². The molecule has 5 rings (SSSR count). The van der Waals surface area contributed by atoms with Gasteiger partial charge >= 0.3 is 0 Å². The highest BCUT2D eigenvalue weighted by Crippen LogP contribution is 2.47. The average molecular weight is 444 g/mol. The van der Waals surface area contributed by atoms with Crippen LogP contribution in [0.15, 0.2) is 48.8 Å². The maximum Gasteiger partial charge on any atom is 0.227 e. The van der Waals surface area contributed by atoms with Crippen molar-refractivity contribution < 1.29 is 22.7 Å². The van der Waals surface area contributed by atoms with E-state index in [-0.39, 0.29) is 31.5 Å². The van der Waals surface area contributed by atoms with Crippen LogP contribution in [0.4, 0.5) is 0 Å². The van der Waals surface area contributed by atoms with Crippen LogP contribution in [0.2, 0.25) is 0 Å². The minimum atomic E-state index is -3.51. The highest BCUT2D eigenvalue weighted by atomic mass is 32.2. The Morgan fingerprint density at radius 1 is 1.23 bits per heavy atom. The topological polar surface area (TPSA) is 89.0 Å². The van der Waals surface area contributed by atoms with Crippen molar-refractivity contribution in [2.45, 2.75) is 36.3 Å². The van der Waals surface area contributed by atoms with Gasteiger partial charge in [0.2, 0.25) is 15.9 Å². The Balaban J connectivity index is 1.34. The lowest BCUT2D eigenvalue weighted by Crippen LogP contribution is -2.56. The van der Waals surface area contributed by atoms with Gasteiger partial charge < -0.3 is 14.4 Å². The summed E-state index contributed by atoms with van der Waals surface area (Å²) in [5.41, 5.74) is 0.891. The number of carbonyl (C=O) groups is 1. The molecule has 1 aromatic heterocycles. The van der Waals surface area contributed by atoms with Crippen LogP contribution in [0.5, 0.6) is 5.75 Å². The molecule has 9 heteroatoms. The Bertz CT molecular complexity index is 1090. The number of ether oxygens (including phenoxy) is 2. The zero-order chi connectivity index (χ0) is 21.6. The van der Waals surface area contributed by atoms with E-state index in [0.29, 0.717) is 25.3 Å². The van der Waals surface area contributed by atoms with Crippen molar-refractivity contribution >= 4 is 15.9 Å². The summed E-state index contributed by atoms with van der Waals surface area (Å²) >= 11 is 0. The molecule has 0 saturated carbocycles. The van der Waals surface area contributed by atoms with Gasteiger partial charge in [-0.2, -0.15) is 4.31 Å². The molecule has 3 aliphatic rings. The number of carbonyl (C=O) groups excluding carboxylic acids is 1. The van der Waals surface area contributed by atoms with Gasteiger partial charge in [0.05, 0.1) is 26.2 Å². The molecule has 0 radical (unpaired) electrons. The fraction of sp³-hybridized carbons (Fsp3) is 0.455. The molecule has 3 aliphatic heterocycles. The minimum Gasteiger partial charge on any atom is -0.497 e. The van der Waals surface area contributed by atoms with Gasteiger partial charge in [-0.3, -0.25) is 9.78 Å². The van der Waals surface area contributed by atoms with E-state index in [1.54, 1.807) is 24.4 Å². The molecule has 1 amide bonds. The summed E-state index contributed by atoms with van der Waals surface area (Å²) in [6, 6.07) is 11.1. The van der Waals surface area contributed by atoms with E-state index >= 15 is 0 Å². The van der Waals surface area contributed by atoms with Crippen LogP contribution in [0.3, 0.4) is 0 Å². The molecular weight excluding hydrogens is 418 g/mol. The van der Waals surface area contributed by atoms with E-state index in [9.17, 15) is 13.2 Å². The van der Waals surface area contributed by atoms with Crippen LogP contribution < -0.4 is 4.74 Å². The summed E-state index contributed by atoms with van der Waals surface area (Å²) in [6.07, 6.45) is 3.74. The monoisotopic (exact) mass is 443 g/mol. The first-order chi connectivity index (χ1) is 14.9. The Kier molecular flexibility index (Phi) is 4.99. The van der Waals surface area contributed by atoms with Crippen molar-refractivity contribution in [2.24, 2.45) is 0 Å². The number of fused-ring (bicyclic) bond motifs is 1. The molecule has 0 N–H and O–H groups in total. The highest BCUT2D eigenvalue weighted by molar-refractivity contribution is 7.90. The lowest BCUT2D eigenvalue weighted by Gasteiger charge is -2.39. The summed E-state index contributed by atoms with van der Waals surface area (Å²) in [7, 11) is -1.91. The number of hydrogen-bond donors (Lipinski definition) is 0. The second-order valence-corrected chi connectivity index (χ2v) is 10.6. The zero-order valence-electron chi connectivity index (χ0n) is 17.3. The van der Waals surface area contributed by atoms with Crippen molar-refractivity contribution in [1.29, 1.82) is 0 Å². The number of methoxy groups -OCH3 is 1. The van der Waals surface area contributed by atoms with Crippen LogP contribution in [-0.4, -0.2) is 72.2 Å². The third-order valence-corrected chi connectivity index (χ3v) is 8.78. The molecule has 2 aromatic rings. The van der Waals surface area contributed by atoms with Gasteiger partial charge in [0.1, 0.15) is 16.6 Å². The number of pyridine rings is 1. The highest BCUT2D eigenvalue weighted by Gasteiger charge is 2.65. The Morgan fingerprint density at radius 3 is 2.81 bits per heavy atom. The number of nitrogens with zero attached hydrogens (tertiary/aromatic N) is 3. The average Bonchev–Trinajstić information content (AvgIpc) is 3.13. The maximum absolute atomic E-state index is 13.3. The maximum atomic E-state index is 13.3. The SMILES string of the molecule is COc1cccc(CC(=O)N2C[C@H]3C[C@H]4[C@](C2)(CN(Cc2ccncc2)S4(=O)=O)O3)c1. The second-order valence-electron chi connectivity index (χ2n) is 8.50. The van der Waals surface area contributed by atoms with Crippen LogP contribution >= 0.6 is 0 Å². The van der Waals surface area contributed by atoms with Gasteiger partial charge in [-0.15, -0.1) is 0 Å². The molecular formula is C22H25N3O5S. The smallest absolute Gasteiger partial charge is 0.227 e. The summed E-state index contributed by atoms with van der Waals surface area (Å²) in [5.74, 6) is 0.686. The Labute approximate surface area is 181 Å². The molecule has 3 saturated heterocycles. The number of amides is 1. The number of morpholine rings is 1. The normalized spacial score (nSPS) is 29.0. The van der Waals surface area contributed by atoms with E-state index in [2.05, 4.69) is 4.98 Å². The van der Waals surface area contributed by atoms with E-state index in [4.69, 9.17) is 9.47 Å². The third-order valence-electron chi connectivity index (χ3n) is 6.46. The van der Waals surface area contributed by atoms with Crippen molar-refractivity contribution in [3.05, 3.63) is 59.9 Å². The summed E-state index contributed by atoms with van der Waals surface area (Å²) in [6.45, 7) is 1.28. The molecule has 0 unspecified atom stereocenters. The fourth-order valence-corrected chi connectivity index (χ4v) is 7.33. The molecule has 8 nitrogen and oxygen atoms in total. The zero-order valence-corrected chi connectivity index (χ0v) is 18.1. The molecule has 31 heavy (non-hydrogen) atoms. The number of rotatable bonds is 5. The molecule has 0 aliphatic carbocycles. The molecule has 4 heterocycles. The molecule has 164 valence electrons. The first-order valence-electron chi connectivity index (χ1n) is 10.4. The van der Waals surface area contributed by atoms with Crippen molar-refractivity contribution in [2.75, 3.05) is 26.7 Å². The molecule has 1 aromatic carbocycles. The van der Waals surface area contributed by atoms with E-state index < -0.39 is 20.9 Å². The van der Waals surface area contributed by atoms with Crippen LogP contribution in [-0.2, 0) is 32.5 Å². The van der Waals surface area contributed by atoms with Crippen LogP contribution in [0.25, 0.3) is 0 Å². The van der Waals surface area contributed by atoms with Crippen molar-refractivity contribution in [1.82, 2.24) is 14.2 Å². The number of aromatic nitrogens is 1. The predicted molar refractivity (Wildman–Crippen MR) is 113 cm³/mol. The molecule has 2 bridgehead atoms. The second kappa shape index (κ2) is 7.58. The third kappa shape index (κ3) is 3.60. The summed E-state index contributed by atoms with van der Waals surface area (Å²) in [4.78, 5) is 18.8. The number of hydrogen-bond acceptors (Lipinski definition) is 6. The van der Waals surface area contributed by atoms with Crippen molar-refractivity contribution in [3.8, 4) is 5.75 Å². The fourth-order valence-electron chi connectivity index (χ4n) is 5.04. The molecule has 1 spiro atoms. The number of likely N-dealkylation sites (tertiary alicyclic amines) is 1. The first kappa shape index (κ1) is 20.4. The molecule has 3 fully saturated rings. The van der Waals surface area contributed by atoms with E-state index in [1.807, 2.05) is 36.4 Å². The van der Waals surface area contributed by atoms with Crippen molar-refractivity contribution in [3.63, 3.8) is 0 Å². The van der Waals surface area contributed by atoms with Gasteiger partial charge in [-0.25, -0.2) is 8.42 Å². The van der Waals surface area contributed by atoms with Gasteiger partial charge in [0.25, 0.3) is 0 Å². The predicted octanol–water partition coefficient (Wildman–Crippen LogP) is 1.22.